The van der Waals surface area contributed by atoms with Crippen molar-refractivity contribution in [1.82, 2.24) is 6.15 Å². The van der Waals surface area contributed by atoms with E-state index in [9.17, 15) is 0 Å². The predicted molar refractivity (Wildman–Crippen MR) is 30.1 cm³/mol. The van der Waals surface area contributed by atoms with E-state index in [1.165, 1.54) is 19.3 Å². The molecule has 1 aliphatic rings. The Hall–Kier alpha value is -0.300. The summed E-state index contributed by atoms with van der Waals surface area (Å²) in [4.78, 5) is 0. The lowest BCUT2D eigenvalue weighted by Crippen LogP contribution is -0.856. The molecule has 0 aromatic heterocycles. The Kier molecular flexibility index (Phi) is 13.5. The molecule has 1 saturated carbocycles. The fourth-order valence-corrected chi connectivity index (χ4v) is 0. The van der Waals surface area contributed by atoms with E-state index in [0.717, 1.165) is 0 Å². The summed E-state index contributed by atoms with van der Waals surface area (Å²) in [5.41, 5.74) is 0. The van der Waals surface area contributed by atoms with Gasteiger partial charge >= 0.3 is 0 Å². The Labute approximate surface area is 39.6 Å². The van der Waals surface area contributed by atoms with Crippen LogP contribution in [0.3, 0.4) is 0 Å². The molecule has 0 aliphatic heterocycles. The van der Waals surface area contributed by atoms with E-state index < -0.39 is 0 Å². The molecule has 1 nitrogen and oxygen atoms in total. The number of rotatable bonds is 0. The molecule has 0 bridgehead atoms. The monoisotopic (exact) mass is 87.1 g/mol. The van der Waals surface area contributed by atoms with Crippen molar-refractivity contribution in [3.05, 3.63) is 13.2 Å². The molecule has 1 fully saturated rings. The zero-order valence-electron chi connectivity index (χ0n) is 4.24. The van der Waals surface area contributed by atoms with E-state index in [1.54, 1.807) is 0 Å². The Morgan fingerprint density at radius 2 is 1.00 bits per heavy atom. The molecule has 0 heterocycles. The van der Waals surface area contributed by atoms with Crippen molar-refractivity contribution in [2.45, 2.75) is 19.3 Å². The van der Waals surface area contributed by atoms with Crippen LogP contribution in [-0.2, 0) is 0 Å². The Morgan fingerprint density at radius 1 is 0.833 bits per heavy atom. The van der Waals surface area contributed by atoms with Gasteiger partial charge in [0.1, 0.15) is 0 Å². The smallest absolute Gasteiger partial charge is 0.0533 e. The number of hydrogen-bond donors (Lipinski definition) is 1. The maximum absolute atomic E-state index is 3.00. The molecule has 1 aliphatic carbocycles. The molecule has 1 rings (SSSR count). The van der Waals surface area contributed by atoms with E-state index in [4.69, 9.17) is 0 Å². The molecule has 6 heavy (non-hydrogen) atoms. The van der Waals surface area contributed by atoms with E-state index in [0.29, 0.717) is 0 Å². The van der Waals surface area contributed by atoms with Crippen LogP contribution >= 0.6 is 0 Å². The third kappa shape index (κ3) is 55.0. The first-order valence-electron chi connectivity index (χ1n) is 2.00. The van der Waals surface area contributed by atoms with Gasteiger partial charge in [-0.25, -0.2) is 0 Å². The van der Waals surface area contributed by atoms with Crippen LogP contribution < -0.4 is 6.15 Å². The van der Waals surface area contributed by atoms with Crippen LogP contribution in [0.15, 0.2) is 13.2 Å². The van der Waals surface area contributed by atoms with Crippen molar-refractivity contribution >= 4 is 0 Å². The Morgan fingerprint density at radius 3 is 1.00 bits per heavy atom. The molecule has 0 atom stereocenters. The van der Waals surface area contributed by atoms with Crippen molar-refractivity contribution in [2.24, 2.45) is 0 Å². The average molecular weight is 87.2 g/mol. The first-order chi connectivity index (χ1) is 2.50. The zero-order chi connectivity index (χ0) is 4.12. The molecular weight excluding hydrogens is 74.1 g/mol. The summed E-state index contributed by atoms with van der Waals surface area (Å²) >= 11 is 0. The zero-order valence-corrected chi connectivity index (χ0v) is 4.24. The van der Waals surface area contributed by atoms with Gasteiger partial charge in [-0.05, 0) is 0 Å². The molecule has 0 aromatic rings. The standard InChI is InChI=1S/C3H6.C2H4.H3N/c1-2-3-1;1-2;/h1-3H2;1-2H2;1H3. The van der Waals surface area contributed by atoms with Crippen LogP contribution in [-0.4, -0.2) is 0 Å². The minimum atomic E-state index is 0. The second-order valence-electron chi connectivity index (χ2n) is 1.06. The van der Waals surface area contributed by atoms with Crippen LogP contribution in [0.2, 0.25) is 0 Å². The Bertz CT molecular complexity index is 15.1. The van der Waals surface area contributed by atoms with E-state index in [-0.39, 0.29) is 6.15 Å². The van der Waals surface area contributed by atoms with Crippen LogP contribution in [0.25, 0.3) is 0 Å². The molecule has 0 amide bonds. The van der Waals surface area contributed by atoms with Gasteiger partial charge in [0, 0.05) is 0 Å². The minimum absolute atomic E-state index is 0. The molecule has 0 saturated heterocycles. The molecule has 0 spiro atoms. The van der Waals surface area contributed by atoms with Gasteiger partial charge in [0.15, 0.2) is 0 Å². The maximum Gasteiger partial charge on any atom is -0.0533 e. The van der Waals surface area contributed by atoms with E-state index >= 15 is 0 Å². The second kappa shape index (κ2) is 8.83. The highest BCUT2D eigenvalue weighted by Crippen LogP contribution is 2.14. The summed E-state index contributed by atoms with van der Waals surface area (Å²) in [6, 6.07) is 0. The van der Waals surface area contributed by atoms with Crippen molar-refractivity contribution in [3.8, 4) is 0 Å². The third-order valence-electron chi connectivity index (χ3n) is 0.354. The van der Waals surface area contributed by atoms with Crippen molar-refractivity contribution in [2.75, 3.05) is 0 Å². The van der Waals surface area contributed by atoms with Gasteiger partial charge in [-0.2, -0.15) is 0 Å². The quantitative estimate of drug-likeness (QED) is 0.451. The highest BCUT2D eigenvalue weighted by atomic mass is 14.0. The molecular formula is C5H13N. The summed E-state index contributed by atoms with van der Waals surface area (Å²) < 4.78 is 0. The van der Waals surface area contributed by atoms with Gasteiger partial charge in [0.2, 0.25) is 0 Å². The SMILES string of the molecule is C1CC1.C=C.N. The van der Waals surface area contributed by atoms with Crippen molar-refractivity contribution in [1.29, 1.82) is 0 Å². The van der Waals surface area contributed by atoms with Crippen molar-refractivity contribution in [3.63, 3.8) is 0 Å². The molecule has 0 radical (unpaired) electrons. The fraction of sp³-hybridized carbons (Fsp3) is 0.600. The summed E-state index contributed by atoms with van der Waals surface area (Å²) in [6.07, 6.45) is 4.50. The van der Waals surface area contributed by atoms with Gasteiger partial charge < -0.3 is 6.15 Å². The summed E-state index contributed by atoms with van der Waals surface area (Å²) in [6.45, 7) is 6.00. The first kappa shape index (κ1) is 9.20. The van der Waals surface area contributed by atoms with Gasteiger partial charge in [-0.3, -0.25) is 0 Å². The normalized spacial score (nSPS) is 12.7. The van der Waals surface area contributed by atoms with Crippen molar-refractivity contribution < 1.29 is 0 Å². The lowest BCUT2D eigenvalue weighted by atomic mass is 11.0. The third-order valence-corrected chi connectivity index (χ3v) is 0.354. The first-order valence-corrected chi connectivity index (χ1v) is 2.00. The van der Waals surface area contributed by atoms with E-state index in [2.05, 4.69) is 13.2 Å². The molecule has 1 heteroatoms. The van der Waals surface area contributed by atoms with Crippen LogP contribution in [0, 0.1) is 0 Å². The molecule has 0 unspecified atom stereocenters. The maximum atomic E-state index is 3.00. The molecule has 3 N–H and O–H groups in total. The van der Waals surface area contributed by atoms with Gasteiger partial charge in [0.05, 0.1) is 0 Å². The van der Waals surface area contributed by atoms with E-state index in [1.807, 2.05) is 0 Å². The predicted octanol–water partition coefficient (Wildman–Crippen LogP) is 2.13. The summed E-state index contributed by atoms with van der Waals surface area (Å²) in [5, 5.41) is 0. The Balaban J connectivity index is 0. The lowest BCUT2D eigenvalue weighted by Gasteiger charge is -1.05. The summed E-state index contributed by atoms with van der Waals surface area (Å²) in [7, 11) is 0. The van der Waals surface area contributed by atoms with Gasteiger partial charge in [-0.1, -0.05) is 19.3 Å². The second-order valence-corrected chi connectivity index (χ2v) is 1.06. The summed E-state index contributed by atoms with van der Waals surface area (Å²) in [5.74, 6) is 0. The average Bonchev–Trinajstić information content (AvgIpc) is 2.19. The number of hydrogen-bond acceptors (Lipinski definition) is 1. The minimum Gasteiger partial charge on any atom is -0.344 e. The lowest BCUT2D eigenvalue weighted by molar-refractivity contribution is 1.50. The molecule has 38 valence electrons. The largest absolute Gasteiger partial charge is 0.344 e. The highest BCUT2D eigenvalue weighted by molar-refractivity contribution is 4.50. The van der Waals surface area contributed by atoms with Gasteiger partial charge in [-0.15, -0.1) is 13.2 Å². The van der Waals surface area contributed by atoms with Gasteiger partial charge in [0.25, 0.3) is 0 Å². The highest BCUT2D eigenvalue weighted by Gasteiger charge is 1.95. The molecule has 0 aromatic carbocycles. The fourth-order valence-electron chi connectivity index (χ4n) is 0. The van der Waals surface area contributed by atoms with Crippen LogP contribution in [0.4, 0.5) is 0 Å². The van der Waals surface area contributed by atoms with Crippen LogP contribution in [0.1, 0.15) is 19.3 Å². The van der Waals surface area contributed by atoms with Crippen LogP contribution in [0.5, 0.6) is 0 Å². The topological polar surface area (TPSA) is 35.0 Å².